The minimum atomic E-state index is -0.535. The molecule has 0 amide bonds. The average molecular weight is 222 g/mol. The van der Waals surface area contributed by atoms with Gasteiger partial charge in [-0.2, -0.15) is 0 Å². The van der Waals surface area contributed by atoms with Gasteiger partial charge in [-0.3, -0.25) is 0 Å². The number of benzene rings is 1. The molecular weight excluding hydrogens is 211 g/mol. The molecule has 0 saturated carbocycles. The first-order valence-corrected chi connectivity index (χ1v) is 5.59. The van der Waals surface area contributed by atoms with Crippen molar-refractivity contribution >= 4 is 11.3 Å². The van der Waals surface area contributed by atoms with E-state index in [4.69, 9.17) is 0 Å². The van der Waals surface area contributed by atoms with Crippen LogP contribution < -0.4 is 0 Å². The molecule has 0 aliphatic rings. The van der Waals surface area contributed by atoms with Crippen molar-refractivity contribution in [1.82, 2.24) is 0 Å². The van der Waals surface area contributed by atoms with E-state index in [-0.39, 0.29) is 5.82 Å². The Morgan fingerprint density at radius 1 is 1.27 bits per heavy atom. The van der Waals surface area contributed by atoms with Crippen molar-refractivity contribution in [2.75, 3.05) is 0 Å². The van der Waals surface area contributed by atoms with Crippen molar-refractivity contribution in [2.24, 2.45) is 0 Å². The number of rotatable bonds is 3. The summed E-state index contributed by atoms with van der Waals surface area (Å²) in [5.41, 5.74) is 0.816. The van der Waals surface area contributed by atoms with E-state index >= 15 is 0 Å². The van der Waals surface area contributed by atoms with Crippen molar-refractivity contribution < 1.29 is 9.50 Å². The van der Waals surface area contributed by atoms with Gasteiger partial charge in [0.1, 0.15) is 5.82 Å². The molecule has 15 heavy (non-hydrogen) atoms. The first-order valence-electron chi connectivity index (χ1n) is 4.71. The molecule has 1 unspecified atom stereocenters. The fraction of sp³-hybridized carbons (Fsp3) is 0.167. The van der Waals surface area contributed by atoms with Crippen LogP contribution in [0.1, 0.15) is 16.5 Å². The van der Waals surface area contributed by atoms with Gasteiger partial charge in [-0.05, 0) is 29.1 Å². The normalized spacial score (nSPS) is 12.7. The third-order valence-electron chi connectivity index (χ3n) is 2.19. The van der Waals surface area contributed by atoms with Crippen LogP contribution >= 0.6 is 11.3 Å². The minimum absolute atomic E-state index is 0.258. The Morgan fingerprint density at radius 2 is 2.13 bits per heavy atom. The zero-order chi connectivity index (χ0) is 10.7. The fourth-order valence-corrected chi connectivity index (χ4v) is 2.18. The predicted octanol–water partition coefficient (Wildman–Crippen LogP) is 3.16. The highest BCUT2D eigenvalue weighted by molar-refractivity contribution is 7.10. The number of hydrogen-bond acceptors (Lipinski definition) is 2. The molecule has 3 heteroatoms. The molecule has 0 bridgehead atoms. The molecule has 78 valence electrons. The van der Waals surface area contributed by atoms with E-state index < -0.39 is 6.10 Å². The Balaban J connectivity index is 2.09. The topological polar surface area (TPSA) is 20.2 Å². The summed E-state index contributed by atoms with van der Waals surface area (Å²) in [6.45, 7) is 0. The number of halogens is 1. The Hall–Kier alpha value is -1.19. The molecule has 1 N–H and O–H groups in total. The summed E-state index contributed by atoms with van der Waals surface area (Å²) in [5, 5.41) is 11.8. The highest BCUT2D eigenvalue weighted by Crippen LogP contribution is 2.22. The van der Waals surface area contributed by atoms with Gasteiger partial charge in [0.15, 0.2) is 0 Å². The number of thiophene rings is 1. The van der Waals surface area contributed by atoms with E-state index in [9.17, 15) is 9.50 Å². The van der Waals surface area contributed by atoms with E-state index in [1.165, 1.54) is 23.5 Å². The van der Waals surface area contributed by atoms with Crippen LogP contribution in [0.3, 0.4) is 0 Å². The summed E-state index contributed by atoms with van der Waals surface area (Å²) < 4.78 is 12.9. The van der Waals surface area contributed by atoms with E-state index in [0.29, 0.717) is 6.42 Å². The number of aliphatic hydroxyl groups excluding tert-OH is 1. The van der Waals surface area contributed by atoms with Crippen LogP contribution in [0.2, 0.25) is 0 Å². The lowest BCUT2D eigenvalue weighted by Gasteiger charge is -2.08. The Labute approximate surface area is 91.8 Å². The first-order chi connectivity index (χ1) is 7.25. The molecule has 0 spiro atoms. The van der Waals surface area contributed by atoms with Crippen molar-refractivity contribution in [3.63, 3.8) is 0 Å². The fourth-order valence-electron chi connectivity index (χ4n) is 1.47. The monoisotopic (exact) mass is 222 g/mol. The maximum atomic E-state index is 12.9. The average Bonchev–Trinajstić information content (AvgIpc) is 2.70. The molecule has 1 heterocycles. The predicted molar refractivity (Wildman–Crippen MR) is 59.4 cm³/mol. The summed E-state index contributed by atoms with van der Waals surface area (Å²) in [6, 6.07) is 10.1. The Bertz CT molecular complexity index is 425. The summed E-state index contributed by atoms with van der Waals surface area (Å²) >= 11 is 1.51. The van der Waals surface area contributed by atoms with E-state index in [2.05, 4.69) is 0 Å². The van der Waals surface area contributed by atoms with Gasteiger partial charge in [0, 0.05) is 11.3 Å². The van der Waals surface area contributed by atoms with Crippen molar-refractivity contribution in [1.29, 1.82) is 0 Å². The van der Waals surface area contributed by atoms with Crippen molar-refractivity contribution in [3.8, 4) is 0 Å². The van der Waals surface area contributed by atoms with Crippen LogP contribution in [-0.2, 0) is 6.42 Å². The van der Waals surface area contributed by atoms with Crippen LogP contribution in [0.5, 0.6) is 0 Å². The van der Waals surface area contributed by atoms with Crippen molar-refractivity contribution in [2.45, 2.75) is 12.5 Å². The number of aliphatic hydroxyl groups is 1. The SMILES string of the molecule is OC(Cc1cccc(F)c1)c1cccs1. The maximum absolute atomic E-state index is 12.9. The summed E-state index contributed by atoms with van der Waals surface area (Å²) in [4.78, 5) is 0.916. The smallest absolute Gasteiger partial charge is 0.123 e. The second-order valence-corrected chi connectivity index (χ2v) is 4.34. The van der Waals surface area contributed by atoms with Crippen LogP contribution in [0.4, 0.5) is 4.39 Å². The Kier molecular flexibility index (Phi) is 3.14. The third-order valence-corrected chi connectivity index (χ3v) is 3.16. The first kappa shape index (κ1) is 10.3. The molecule has 0 saturated heterocycles. The van der Waals surface area contributed by atoms with Gasteiger partial charge in [-0.25, -0.2) is 4.39 Å². The molecule has 2 aromatic rings. The van der Waals surface area contributed by atoms with Gasteiger partial charge in [-0.1, -0.05) is 18.2 Å². The largest absolute Gasteiger partial charge is 0.387 e. The molecule has 0 aliphatic carbocycles. The maximum Gasteiger partial charge on any atom is 0.123 e. The van der Waals surface area contributed by atoms with Crippen LogP contribution in [0.15, 0.2) is 41.8 Å². The van der Waals surface area contributed by atoms with Gasteiger partial charge >= 0.3 is 0 Å². The Morgan fingerprint density at radius 3 is 2.80 bits per heavy atom. The second kappa shape index (κ2) is 4.55. The molecule has 1 aromatic carbocycles. The lowest BCUT2D eigenvalue weighted by Crippen LogP contribution is -1.99. The molecule has 0 aliphatic heterocycles. The molecule has 2 rings (SSSR count). The molecular formula is C12H11FOS. The molecule has 1 aromatic heterocycles. The molecule has 1 nitrogen and oxygen atoms in total. The van der Waals surface area contributed by atoms with Gasteiger partial charge < -0.3 is 5.11 Å². The van der Waals surface area contributed by atoms with Crippen LogP contribution in [-0.4, -0.2) is 5.11 Å². The zero-order valence-electron chi connectivity index (χ0n) is 8.06. The van der Waals surface area contributed by atoms with Crippen LogP contribution in [0.25, 0.3) is 0 Å². The van der Waals surface area contributed by atoms with E-state index in [1.54, 1.807) is 6.07 Å². The molecule has 1 atom stereocenters. The van der Waals surface area contributed by atoms with Gasteiger partial charge in [-0.15, -0.1) is 11.3 Å². The lowest BCUT2D eigenvalue weighted by molar-refractivity contribution is 0.182. The van der Waals surface area contributed by atoms with Gasteiger partial charge in [0.05, 0.1) is 6.10 Å². The lowest BCUT2D eigenvalue weighted by atomic mass is 10.1. The highest BCUT2D eigenvalue weighted by Gasteiger charge is 2.09. The summed E-state index contributed by atoms with van der Waals surface area (Å²) in [5.74, 6) is -0.258. The van der Waals surface area contributed by atoms with Crippen LogP contribution in [0, 0.1) is 5.82 Å². The summed E-state index contributed by atoms with van der Waals surface area (Å²) in [7, 11) is 0. The van der Waals surface area contributed by atoms with Gasteiger partial charge in [0.2, 0.25) is 0 Å². The van der Waals surface area contributed by atoms with Gasteiger partial charge in [0.25, 0.3) is 0 Å². The zero-order valence-corrected chi connectivity index (χ0v) is 8.88. The van der Waals surface area contributed by atoms with E-state index in [0.717, 1.165) is 10.4 Å². The number of hydrogen-bond donors (Lipinski definition) is 1. The molecule has 0 radical (unpaired) electrons. The minimum Gasteiger partial charge on any atom is -0.387 e. The highest BCUT2D eigenvalue weighted by atomic mass is 32.1. The van der Waals surface area contributed by atoms with Crippen molar-refractivity contribution in [3.05, 3.63) is 58.0 Å². The van der Waals surface area contributed by atoms with E-state index in [1.807, 2.05) is 23.6 Å². The standard InChI is InChI=1S/C12H11FOS/c13-10-4-1-3-9(7-10)8-11(14)12-5-2-6-15-12/h1-7,11,14H,8H2. The second-order valence-electron chi connectivity index (χ2n) is 3.37. The quantitative estimate of drug-likeness (QED) is 0.845. The molecule has 0 fully saturated rings. The third kappa shape index (κ3) is 2.64. The summed E-state index contributed by atoms with van der Waals surface area (Å²) in [6.07, 6.45) is -0.0788.